The molecule has 1 rings (SSSR count). The fourth-order valence-corrected chi connectivity index (χ4v) is 5.43. The molecule has 0 bridgehead atoms. The van der Waals surface area contributed by atoms with Crippen molar-refractivity contribution >= 4 is 67.0 Å². The molecule has 2 unspecified atom stereocenters. The number of hydrogen-bond acceptors (Lipinski definition) is 4. The zero-order valence-electron chi connectivity index (χ0n) is 14.9. The van der Waals surface area contributed by atoms with Crippen LogP contribution in [0.4, 0.5) is 0 Å². The summed E-state index contributed by atoms with van der Waals surface area (Å²) in [4.78, 5) is 0. The first-order valence-corrected chi connectivity index (χ1v) is 18.4. The highest BCUT2D eigenvalue weighted by atomic mass is 127. The third-order valence-corrected chi connectivity index (χ3v) is 6.96. The van der Waals surface area contributed by atoms with Gasteiger partial charge in [-0.3, -0.25) is 0 Å². The molecule has 24 heavy (non-hydrogen) atoms. The van der Waals surface area contributed by atoms with Gasteiger partial charge in [0, 0.05) is 11.1 Å². The molecule has 0 fully saturated rings. The second-order valence-electron chi connectivity index (χ2n) is 6.09. The quantitative estimate of drug-likeness (QED) is 0.229. The van der Waals surface area contributed by atoms with Crippen molar-refractivity contribution in [2.45, 2.75) is 19.8 Å². The molecule has 1 aromatic carbocycles. The number of benzene rings is 1. The van der Waals surface area contributed by atoms with E-state index in [9.17, 15) is 0 Å². The fraction of sp³-hybridized carbons (Fsp3) is 0.600. The second kappa shape index (κ2) is 11.1. The van der Waals surface area contributed by atoms with Crippen molar-refractivity contribution in [3.8, 4) is 23.0 Å². The molecule has 2 atom stereocenters. The van der Waals surface area contributed by atoms with Gasteiger partial charge in [-0.25, -0.2) is 10.0 Å². The summed E-state index contributed by atoms with van der Waals surface area (Å²) in [6, 6.07) is 0. The van der Waals surface area contributed by atoms with Gasteiger partial charge in [-0.2, -0.15) is 0 Å². The van der Waals surface area contributed by atoms with Gasteiger partial charge in [-0.1, -0.05) is 0 Å². The van der Waals surface area contributed by atoms with Crippen molar-refractivity contribution in [2.24, 2.45) is 0 Å². The summed E-state index contributed by atoms with van der Waals surface area (Å²) < 4.78 is 23.0. The highest BCUT2D eigenvalue weighted by Crippen LogP contribution is 2.53. The summed E-state index contributed by atoms with van der Waals surface area (Å²) in [5.41, 5.74) is 2.26. The first-order chi connectivity index (χ1) is 11.3. The SMILES string of the molecule is COc1c(OPI)c(C)c(CCCS(C)(C)C)c(OPI)c1OC. The Labute approximate surface area is 176 Å². The summed E-state index contributed by atoms with van der Waals surface area (Å²) in [6.45, 7) is 2.71. The summed E-state index contributed by atoms with van der Waals surface area (Å²) in [7, 11) is 2.78. The Morgan fingerprint density at radius 2 is 1.38 bits per heavy atom. The molecule has 0 saturated carbocycles. The maximum Gasteiger partial charge on any atom is 0.207 e. The van der Waals surface area contributed by atoms with Gasteiger partial charge < -0.3 is 18.5 Å². The Morgan fingerprint density at radius 1 is 0.875 bits per heavy atom. The van der Waals surface area contributed by atoms with Crippen molar-refractivity contribution in [3.63, 3.8) is 0 Å². The topological polar surface area (TPSA) is 36.9 Å². The van der Waals surface area contributed by atoms with Crippen LogP contribution in [0.2, 0.25) is 0 Å². The van der Waals surface area contributed by atoms with Crippen molar-refractivity contribution in [1.82, 2.24) is 0 Å². The van der Waals surface area contributed by atoms with Crippen LogP contribution in [-0.2, 0) is 6.42 Å². The van der Waals surface area contributed by atoms with Crippen LogP contribution in [-0.4, -0.2) is 38.7 Å². The minimum atomic E-state index is -0.509. The molecule has 4 nitrogen and oxygen atoms in total. The minimum Gasteiger partial charge on any atom is -0.490 e. The van der Waals surface area contributed by atoms with Gasteiger partial charge in [0.05, 0.1) is 14.2 Å². The van der Waals surface area contributed by atoms with E-state index in [0.717, 1.165) is 29.9 Å². The number of hydrogen-bond donors (Lipinski definition) is 0. The molecule has 0 spiro atoms. The van der Waals surface area contributed by atoms with E-state index >= 15 is 0 Å². The lowest BCUT2D eigenvalue weighted by atomic mass is 10.0. The average molecular weight is 618 g/mol. The highest BCUT2D eigenvalue weighted by Gasteiger charge is 2.26. The lowest BCUT2D eigenvalue weighted by molar-refractivity contribution is 0.336. The molecule has 9 heteroatoms. The molecule has 0 aliphatic heterocycles. The van der Waals surface area contributed by atoms with E-state index in [4.69, 9.17) is 18.5 Å². The van der Waals surface area contributed by atoms with Crippen LogP contribution in [0, 0.1) is 6.92 Å². The number of methoxy groups -OCH3 is 2. The predicted octanol–water partition coefficient (Wildman–Crippen LogP) is 6.28. The maximum absolute atomic E-state index is 5.96. The molecule has 0 aliphatic rings. The van der Waals surface area contributed by atoms with E-state index in [1.54, 1.807) is 14.2 Å². The molecule has 140 valence electrons. The largest absolute Gasteiger partial charge is 0.490 e. The summed E-state index contributed by atoms with van der Waals surface area (Å²) in [5.74, 6) is 4.05. The van der Waals surface area contributed by atoms with Gasteiger partial charge in [0.25, 0.3) is 0 Å². The van der Waals surface area contributed by atoms with E-state index < -0.39 is 10.0 Å². The first kappa shape index (κ1) is 23.1. The first-order valence-electron chi connectivity index (χ1n) is 7.29. The molecule has 0 N–H and O–H groups in total. The van der Waals surface area contributed by atoms with E-state index in [1.807, 2.05) is 0 Å². The molecule has 1 aromatic rings. The van der Waals surface area contributed by atoms with Gasteiger partial charge in [0.1, 0.15) is 12.9 Å². The Bertz CT molecular complexity index is 554. The number of rotatable bonds is 10. The molecular weight excluding hydrogens is 592 g/mol. The van der Waals surface area contributed by atoms with Crippen molar-refractivity contribution in [1.29, 1.82) is 0 Å². The van der Waals surface area contributed by atoms with E-state index in [-0.39, 0.29) is 0 Å². The van der Waals surface area contributed by atoms with E-state index in [0.29, 0.717) is 24.4 Å². The Kier molecular flexibility index (Phi) is 10.7. The van der Waals surface area contributed by atoms with Gasteiger partial charge in [-0.05, 0) is 88.4 Å². The van der Waals surface area contributed by atoms with Crippen LogP contribution in [0.3, 0.4) is 0 Å². The smallest absolute Gasteiger partial charge is 0.207 e. The van der Waals surface area contributed by atoms with Crippen LogP contribution in [0.15, 0.2) is 0 Å². The lowest BCUT2D eigenvalue weighted by Gasteiger charge is -2.26. The minimum absolute atomic E-state index is 0.314. The third kappa shape index (κ3) is 6.36. The predicted molar refractivity (Wildman–Crippen MR) is 129 cm³/mol. The van der Waals surface area contributed by atoms with Gasteiger partial charge >= 0.3 is 0 Å². The van der Waals surface area contributed by atoms with Crippen molar-refractivity contribution < 1.29 is 18.5 Å². The van der Waals surface area contributed by atoms with E-state index in [1.165, 1.54) is 11.3 Å². The van der Waals surface area contributed by atoms with Crippen LogP contribution in [0.1, 0.15) is 17.5 Å². The molecule has 0 amide bonds. The summed E-state index contributed by atoms with van der Waals surface area (Å²) in [6.07, 6.45) is 9.13. The van der Waals surface area contributed by atoms with Crippen LogP contribution in [0.5, 0.6) is 23.0 Å². The third-order valence-electron chi connectivity index (χ3n) is 3.56. The van der Waals surface area contributed by atoms with Crippen molar-refractivity contribution in [2.75, 3.05) is 38.7 Å². The maximum atomic E-state index is 5.96. The molecular formula is C15H26I2O4P2S. The number of ether oxygens (including phenoxy) is 2. The normalized spacial score (nSPS) is 13.0. The molecule has 0 aromatic heterocycles. The van der Waals surface area contributed by atoms with Gasteiger partial charge in [0.2, 0.25) is 11.5 Å². The monoisotopic (exact) mass is 618 g/mol. The summed E-state index contributed by atoms with van der Waals surface area (Å²) in [5, 5.41) is 0. The standard InChI is InChI=1S/C15H26I2O4P2S/c1-10-11(8-7-9-24(4,5)6)13(21-23-17)15(19-3)14(18-2)12(10)20-22-16/h22-23H,7-9H2,1-6H3. The number of halogens is 2. The van der Waals surface area contributed by atoms with Gasteiger partial charge in [0.15, 0.2) is 11.5 Å². The zero-order chi connectivity index (χ0) is 18.3. The van der Waals surface area contributed by atoms with Crippen LogP contribution in [0.25, 0.3) is 0 Å². The Morgan fingerprint density at radius 3 is 1.83 bits per heavy atom. The molecule has 0 heterocycles. The molecule has 0 aliphatic carbocycles. The molecule has 0 radical (unpaired) electrons. The summed E-state index contributed by atoms with van der Waals surface area (Å²) >= 11 is 4.46. The Hall–Kier alpha value is 1.09. The fourth-order valence-electron chi connectivity index (χ4n) is 2.48. The lowest BCUT2D eigenvalue weighted by Crippen LogP contribution is -2.05. The van der Waals surface area contributed by atoms with Gasteiger partial charge in [-0.15, -0.1) is 0 Å². The zero-order valence-corrected chi connectivity index (χ0v) is 22.0. The Balaban J connectivity index is 3.38. The van der Waals surface area contributed by atoms with Crippen LogP contribution < -0.4 is 18.5 Å². The highest BCUT2D eigenvalue weighted by molar-refractivity contribution is 14.2. The molecule has 0 saturated heterocycles. The average Bonchev–Trinajstić information content (AvgIpc) is 2.51. The van der Waals surface area contributed by atoms with E-state index in [2.05, 4.69) is 69.8 Å². The second-order valence-corrected chi connectivity index (χ2v) is 14.0. The van der Waals surface area contributed by atoms with Crippen LogP contribution >= 0.6 is 67.0 Å². The van der Waals surface area contributed by atoms with Crippen molar-refractivity contribution in [3.05, 3.63) is 11.1 Å².